The number of pyridine rings is 1. The monoisotopic (exact) mass is 700 g/mol. The number of amides is 2. The number of aryl methyl sites for hydroxylation is 1. The van der Waals surface area contributed by atoms with E-state index in [9.17, 15) is 14.7 Å². The first-order valence-corrected chi connectivity index (χ1v) is 17.4. The number of anilines is 2. The third kappa shape index (κ3) is 6.38. The number of carbonyl (C=O) groups is 2. The minimum Gasteiger partial charge on any atom is -0.508 e. The van der Waals surface area contributed by atoms with Crippen molar-refractivity contribution in [2.75, 3.05) is 37.7 Å². The van der Waals surface area contributed by atoms with Crippen molar-refractivity contribution in [3.63, 3.8) is 0 Å². The van der Waals surface area contributed by atoms with Gasteiger partial charge in [0, 0.05) is 73.5 Å². The normalized spacial score (nSPS) is 16.3. The molecule has 1 saturated heterocycles. The van der Waals surface area contributed by atoms with E-state index < -0.39 is 0 Å². The number of hydrogen-bond acceptors (Lipinski definition) is 6. The lowest BCUT2D eigenvalue weighted by Crippen LogP contribution is -2.52. The molecule has 0 aliphatic carbocycles. The van der Waals surface area contributed by atoms with Gasteiger partial charge in [-0.25, -0.2) is 0 Å². The van der Waals surface area contributed by atoms with Crippen molar-refractivity contribution < 1.29 is 19.4 Å². The first-order valence-electron chi connectivity index (χ1n) is 17.0. The van der Waals surface area contributed by atoms with E-state index in [1.54, 1.807) is 65.4 Å². The number of fused-ring (bicyclic) bond motifs is 2. The molecule has 6 aromatic rings. The van der Waals surface area contributed by atoms with Gasteiger partial charge in [-0.3, -0.25) is 24.1 Å². The second-order valence-electron chi connectivity index (χ2n) is 13.1. The number of phenols is 1. The Morgan fingerprint density at radius 2 is 1.69 bits per heavy atom. The number of rotatable bonds is 7. The lowest BCUT2D eigenvalue weighted by atomic mass is 9.92. The van der Waals surface area contributed by atoms with Crippen LogP contribution < -0.4 is 4.90 Å². The highest BCUT2D eigenvalue weighted by Gasteiger charge is 2.34. The first-order chi connectivity index (χ1) is 24.8. The van der Waals surface area contributed by atoms with Crippen LogP contribution >= 0.6 is 11.6 Å². The van der Waals surface area contributed by atoms with E-state index in [-0.39, 0.29) is 23.6 Å². The molecule has 11 heteroatoms. The van der Waals surface area contributed by atoms with Crippen molar-refractivity contribution in [3.8, 4) is 17.0 Å². The minimum absolute atomic E-state index is 0.0337. The zero-order valence-electron chi connectivity index (χ0n) is 28.2. The number of morpholine rings is 1. The summed E-state index contributed by atoms with van der Waals surface area (Å²) in [6.45, 7) is 4.29. The van der Waals surface area contributed by atoms with Gasteiger partial charge in [-0.1, -0.05) is 41.9 Å². The molecule has 8 rings (SSSR count). The number of aromatic nitrogens is 3. The van der Waals surface area contributed by atoms with Crippen molar-refractivity contribution in [3.05, 3.63) is 137 Å². The average Bonchev–Trinajstić information content (AvgIpc) is 3.76. The van der Waals surface area contributed by atoms with Crippen LogP contribution in [-0.2, 0) is 24.8 Å². The van der Waals surface area contributed by atoms with Gasteiger partial charge < -0.3 is 19.1 Å². The molecule has 0 radical (unpaired) electrons. The number of phenolic OH excluding ortho intramolecular Hbond substituents is 1. The van der Waals surface area contributed by atoms with Crippen molar-refractivity contribution in [2.24, 2.45) is 7.05 Å². The van der Waals surface area contributed by atoms with Gasteiger partial charge >= 0.3 is 0 Å². The molecule has 2 amide bonds. The topological polar surface area (TPSA) is 95.6 Å². The number of halogens is 1. The molecule has 1 atom stereocenters. The SMILES string of the molecule is Cn1cc(N(C(=O)c2cc(-c3cc(Cl)ccc3C(=O)N3Cc4ccccc4C[C@H]3CN3CCOCC3)n3ccccc23)c2ccc(O)cc2)cn1. The third-order valence-electron chi connectivity index (χ3n) is 9.84. The van der Waals surface area contributed by atoms with E-state index in [0.717, 1.165) is 31.6 Å². The summed E-state index contributed by atoms with van der Waals surface area (Å²) in [6.07, 6.45) is 6.05. The predicted octanol–water partition coefficient (Wildman–Crippen LogP) is 6.58. The summed E-state index contributed by atoms with van der Waals surface area (Å²) in [4.78, 5) is 35.5. The average molecular weight is 701 g/mol. The van der Waals surface area contributed by atoms with Crippen LogP contribution in [0.3, 0.4) is 0 Å². The van der Waals surface area contributed by atoms with Gasteiger partial charge in [-0.2, -0.15) is 5.10 Å². The Morgan fingerprint density at radius 3 is 2.45 bits per heavy atom. The van der Waals surface area contributed by atoms with Gasteiger partial charge in [0.05, 0.1) is 41.9 Å². The van der Waals surface area contributed by atoms with E-state index in [0.29, 0.717) is 64.1 Å². The fraction of sp³-hybridized carbons (Fsp3) is 0.225. The Kier molecular flexibility index (Phi) is 8.81. The fourth-order valence-corrected chi connectivity index (χ4v) is 7.47. The van der Waals surface area contributed by atoms with Crippen LogP contribution in [0.4, 0.5) is 11.4 Å². The molecule has 0 bridgehead atoms. The van der Waals surface area contributed by atoms with Crippen LogP contribution in [0, 0.1) is 0 Å². The fourth-order valence-electron chi connectivity index (χ4n) is 7.30. The van der Waals surface area contributed by atoms with Crippen LogP contribution in [0.2, 0.25) is 5.02 Å². The predicted molar refractivity (Wildman–Crippen MR) is 197 cm³/mol. The summed E-state index contributed by atoms with van der Waals surface area (Å²) in [5.41, 5.74) is 6.45. The lowest BCUT2D eigenvalue weighted by Gasteiger charge is -2.40. The van der Waals surface area contributed by atoms with Gasteiger partial charge in [0.1, 0.15) is 5.75 Å². The number of aromatic hydroxyl groups is 1. The highest BCUT2D eigenvalue weighted by atomic mass is 35.5. The summed E-state index contributed by atoms with van der Waals surface area (Å²) in [6, 6.07) is 27.7. The highest BCUT2D eigenvalue weighted by Crippen LogP contribution is 2.36. The van der Waals surface area contributed by atoms with Gasteiger partial charge in [0.15, 0.2) is 0 Å². The van der Waals surface area contributed by atoms with Crippen LogP contribution in [0.25, 0.3) is 16.8 Å². The van der Waals surface area contributed by atoms with Gasteiger partial charge in [-0.05, 0) is 78.2 Å². The van der Waals surface area contributed by atoms with Crippen LogP contribution in [0.15, 0.2) is 110 Å². The van der Waals surface area contributed by atoms with E-state index in [1.165, 1.54) is 5.56 Å². The maximum atomic E-state index is 14.9. The molecule has 0 saturated carbocycles. The Morgan fingerprint density at radius 1 is 0.922 bits per heavy atom. The van der Waals surface area contributed by atoms with Crippen LogP contribution in [-0.4, -0.2) is 79.8 Å². The summed E-state index contributed by atoms with van der Waals surface area (Å²) in [5, 5.41) is 14.8. The van der Waals surface area contributed by atoms with Gasteiger partial charge in [-0.15, -0.1) is 0 Å². The maximum absolute atomic E-state index is 14.9. The minimum atomic E-state index is -0.295. The van der Waals surface area contributed by atoms with Crippen LogP contribution in [0.5, 0.6) is 5.75 Å². The first kappa shape index (κ1) is 32.8. The number of carbonyl (C=O) groups excluding carboxylic acids is 2. The van der Waals surface area contributed by atoms with Crippen molar-refractivity contribution in [2.45, 2.75) is 19.0 Å². The molecule has 0 unspecified atom stereocenters. The van der Waals surface area contributed by atoms with E-state index in [1.807, 2.05) is 51.9 Å². The standard InChI is InChI=1S/C40H37ClN6O4/c1-43-25-32(23-42-43)47(30-10-12-33(48)13-11-30)40(50)36-22-38(45-15-5-4-8-37(36)45)35-21-29(41)9-14-34(35)39(49)46-24-28-7-3-2-6-27(28)20-31(46)26-44-16-18-51-19-17-44/h2-15,21-23,25,31,48H,16-20,24,26H2,1H3/t31-/m0/s1. The summed E-state index contributed by atoms with van der Waals surface area (Å²) < 4.78 is 9.18. The van der Waals surface area contributed by atoms with E-state index in [4.69, 9.17) is 16.3 Å². The molecule has 258 valence electrons. The number of benzene rings is 3. The molecule has 3 aromatic heterocycles. The Bertz CT molecular complexity index is 2240. The molecule has 3 aromatic carbocycles. The van der Waals surface area contributed by atoms with Gasteiger partial charge in [0.25, 0.3) is 11.8 Å². The summed E-state index contributed by atoms with van der Waals surface area (Å²) in [5.74, 6) is -0.289. The lowest BCUT2D eigenvalue weighted by molar-refractivity contribution is 0.0193. The van der Waals surface area contributed by atoms with Crippen LogP contribution in [0.1, 0.15) is 31.8 Å². The molecule has 10 nitrogen and oxygen atoms in total. The molecule has 5 heterocycles. The zero-order valence-corrected chi connectivity index (χ0v) is 28.9. The molecule has 51 heavy (non-hydrogen) atoms. The molecule has 1 N–H and O–H groups in total. The number of ether oxygens (including phenoxy) is 1. The molecular weight excluding hydrogens is 664 g/mol. The summed E-state index contributed by atoms with van der Waals surface area (Å²) in [7, 11) is 1.79. The largest absolute Gasteiger partial charge is 0.508 e. The Hall–Kier alpha value is -5.42. The maximum Gasteiger partial charge on any atom is 0.265 e. The van der Waals surface area contributed by atoms with Crippen molar-refractivity contribution in [1.29, 1.82) is 0 Å². The second kappa shape index (κ2) is 13.7. The highest BCUT2D eigenvalue weighted by molar-refractivity contribution is 6.31. The molecular formula is C40H37ClN6O4. The zero-order chi connectivity index (χ0) is 35.1. The van der Waals surface area contributed by atoms with E-state index in [2.05, 4.69) is 28.2 Å². The molecule has 2 aliphatic rings. The molecule has 1 fully saturated rings. The summed E-state index contributed by atoms with van der Waals surface area (Å²) >= 11 is 6.67. The van der Waals surface area contributed by atoms with Crippen molar-refractivity contribution >= 4 is 40.3 Å². The second-order valence-corrected chi connectivity index (χ2v) is 13.5. The number of nitrogens with zero attached hydrogens (tertiary/aromatic N) is 6. The number of hydrogen-bond donors (Lipinski definition) is 1. The van der Waals surface area contributed by atoms with E-state index >= 15 is 0 Å². The van der Waals surface area contributed by atoms with Gasteiger partial charge in [0.2, 0.25) is 0 Å². The van der Waals surface area contributed by atoms with Crippen molar-refractivity contribution in [1.82, 2.24) is 24.0 Å². The third-order valence-corrected chi connectivity index (χ3v) is 10.1. The smallest absolute Gasteiger partial charge is 0.265 e. The molecule has 0 spiro atoms. The quantitative estimate of drug-likeness (QED) is 0.202. The Balaban J connectivity index is 1.22. The Labute approximate surface area is 300 Å². The molecule has 2 aliphatic heterocycles.